The smallest absolute Gasteiger partial charge is 0.272 e. The van der Waals surface area contributed by atoms with E-state index in [0.29, 0.717) is 0 Å². The summed E-state index contributed by atoms with van der Waals surface area (Å²) in [5.41, 5.74) is 0. The van der Waals surface area contributed by atoms with Gasteiger partial charge in [0.15, 0.2) is 0 Å². The molecule has 0 aliphatic rings. The molecule has 0 aromatic carbocycles. The van der Waals surface area contributed by atoms with E-state index in [0.717, 1.165) is 19.3 Å². The van der Waals surface area contributed by atoms with Crippen LogP contribution in [0.3, 0.4) is 0 Å². The lowest BCUT2D eigenvalue weighted by Crippen LogP contribution is -2.47. The van der Waals surface area contributed by atoms with Crippen LogP contribution in [-0.2, 0) is 14.3 Å². The van der Waals surface area contributed by atoms with Gasteiger partial charge in [-0.1, -0.05) is 131 Å². The number of unbranched alkanes of at least 4 members (excludes halogenated alkanes) is 12. The minimum atomic E-state index is -2.01. The molecule has 0 aromatic heterocycles. The molecule has 0 aliphatic carbocycles. The van der Waals surface area contributed by atoms with Crippen molar-refractivity contribution in [3.8, 4) is 0 Å². The lowest BCUT2D eigenvalue weighted by atomic mass is 10.0. The van der Waals surface area contributed by atoms with Crippen molar-refractivity contribution in [1.82, 2.24) is 5.32 Å². The monoisotopic (exact) mass is 485 g/mol. The summed E-state index contributed by atoms with van der Waals surface area (Å²) in [4.78, 5) is 12.0. The van der Waals surface area contributed by atoms with Gasteiger partial charge < -0.3 is 14.8 Å². The van der Waals surface area contributed by atoms with Gasteiger partial charge in [0, 0.05) is 7.11 Å². The standard InChI is InChI=1S/C23H42Cl3NO3/c1-4-6-7-8-9-10-11-12-13-14-15-16-17-18-21(30-19-29-3)20(5-2)27-22(28)23(24,25)26/h5,20-21H,2,4,6-19H2,1,3H3,(H,27,28)/t20-,21+/m0/s1. The Hall–Kier alpha value is -0.0000000000000000416. The van der Waals surface area contributed by atoms with Gasteiger partial charge in [-0.25, -0.2) is 0 Å². The molecule has 1 N–H and O–H groups in total. The highest BCUT2D eigenvalue weighted by Gasteiger charge is 2.33. The summed E-state index contributed by atoms with van der Waals surface area (Å²) < 4.78 is 8.73. The summed E-state index contributed by atoms with van der Waals surface area (Å²) in [6, 6.07) is -0.444. The number of rotatable bonds is 20. The minimum Gasteiger partial charge on any atom is -0.359 e. The van der Waals surface area contributed by atoms with Gasteiger partial charge in [-0.2, -0.15) is 0 Å². The van der Waals surface area contributed by atoms with Gasteiger partial charge in [0.2, 0.25) is 0 Å². The minimum absolute atomic E-state index is 0.136. The predicted octanol–water partition coefficient (Wildman–Crippen LogP) is 7.50. The Kier molecular flexibility index (Phi) is 19.7. The SMILES string of the molecule is C=C[C@H](NC(=O)C(Cl)(Cl)Cl)[C@@H](CCCCCCCCCCCCCCC)OCOC. The summed E-state index contributed by atoms with van der Waals surface area (Å²) in [6.45, 7) is 6.17. The molecule has 30 heavy (non-hydrogen) atoms. The second-order valence-electron chi connectivity index (χ2n) is 7.88. The van der Waals surface area contributed by atoms with Gasteiger partial charge in [-0.05, 0) is 6.42 Å². The van der Waals surface area contributed by atoms with Crippen LogP contribution >= 0.6 is 34.8 Å². The average Bonchev–Trinajstić information content (AvgIpc) is 2.71. The number of ether oxygens (including phenoxy) is 2. The van der Waals surface area contributed by atoms with E-state index in [1.165, 1.54) is 70.6 Å². The molecule has 0 radical (unpaired) electrons. The second-order valence-corrected chi connectivity index (χ2v) is 10.2. The van der Waals surface area contributed by atoms with Crippen molar-refractivity contribution in [3.05, 3.63) is 12.7 Å². The van der Waals surface area contributed by atoms with Crippen molar-refractivity contribution in [1.29, 1.82) is 0 Å². The number of carbonyl (C=O) groups is 1. The van der Waals surface area contributed by atoms with Gasteiger partial charge in [-0.15, -0.1) is 6.58 Å². The van der Waals surface area contributed by atoms with Gasteiger partial charge in [0.1, 0.15) is 6.79 Å². The van der Waals surface area contributed by atoms with E-state index in [2.05, 4.69) is 18.8 Å². The van der Waals surface area contributed by atoms with Crippen LogP contribution in [-0.4, -0.2) is 35.7 Å². The van der Waals surface area contributed by atoms with Crippen molar-refractivity contribution in [3.63, 3.8) is 0 Å². The maximum Gasteiger partial charge on any atom is 0.272 e. The third kappa shape index (κ3) is 16.7. The fourth-order valence-electron chi connectivity index (χ4n) is 3.42. The van der Waals surface area contributed by atoms with Crippen LogP contribution in [0, 0.1) is 0 Å². The summed E-state index contributed by atoms with van der Waals surface area (Å²) in [5, 5.41) is 2.68. The van der Waals surface area contributed by atoms with E-state index in [1.807, 2.05) is 0 Å². The molecular formula is C23H42Cl3NO3. The maximum absolute atomic E-state index is 12.0. The van der Waals surface area contributed by atoms with Crippen LogP contribution in [0.25, 0.3) is 0 Å². The Bertz CT molecular complexity index is 430. The molecule has 0 unspecified atom stereocenters. The van der Waals surface area contributed by atoms with Crippen molar-refractivity contribution >= 4 is 40.7 Å². The van der Waals surface area contributed by atoms with E-state index < -0.39 is 15.7 Å². The Balaban J connectivity index is 3.98. The van der Waals surface area contributed by atoms with Crippen molar-refractivity contribution in [2.45, 2.75) is 113 Å². The van der Waals surface area contributed by atoms with Gasteiger partial charge >= 0.3 is 0 Å². The molecule has 7 heteroatoms. The highest BCUT2D eigenvalue weighted by atomic mass is 35.6. The van der Waals surface area contributed by atoms with Crippen LogP contribution in [0.5, 0.6) is 0 Å². The number of hydrogen-bond donors (Lipinski definition) is 1. The first-order chi connectivity index (χ1) is 14.4. The van der Waals surface area contributed by atoms with Gasteiger partial charge in [0.25, 0.3) is 9.70 Å². The largest absolute Gasteiger partial charge is 0.359 e. The highest BCUT2D eigenvalue weighted by molar-refractivity contribution is 6.76. The molecule has 0 saturated heterocycles. The molecule has 0 fully saturated rings. The molecule has 1 amide bonds. The summed E-state index contributed by atoms with van der Waals surface area (Å²) >= 11 is 16.9. The lowest BCUT2D eigenvalue weighted by molar-refractivity contribution is -0.123. The summed E-state index contributed by atoms with van der Waals surface area (Å²) in [6.07, 6.45) is 19.0. The molecule has 4 nitrogen and oxygen atoms in total. The van der Waals surface area contributed by atoms with Crippen LogP contribution in [0.2, 0.25) is 0 Å². The van der Waals surface area contributed by atoms with E-state index >= 15 is 0 Å². The van der Waals surface area contributed by atoms with E-state index in [4.69, 9.17) is 44.3 Å². The zero-order valence-electron chi connectivity index (χ0n) is 18.9. The Morgan fingerprint density at radius 1 is 0.933 bits per heavy atom. The molecule has 178 valence electrons. The molecule has 0 saturated carbocycles. The zero-order chi connectivity index (χ0) is 22.7. The molecule has 0 bridgehead atoms. The maximum atomic E-state index is 12.0. The van der Waals surface area contributed by atoms with Crippen LogP contribution in [0.4, 0.5) is 0 Å². The Morgan fingerprint density at radius 2 is 1.40 bits per heavy atom. The molecular weight excluding hydrogens is 445 g/mol. The number of halogens is 3. The predicted molar refractivity (Wildman–Crippen MR) is 129 cm³/mol. The Morgan fingerprint density at radius 3 is 1.80 bits per heavy atom. The van der Waals surface area contributed by atoms with Crippen LogP contribution in [0.15, 0.2) is 12.7 Å². The third-order valence-corrected chi connectivity index (χ3v) is 5.72. The first-order valence-corrected chi connectivity index (χ1v) is 12.6. The first kappa shape index (κ1) is 30.0. The fourth-order valence-corrected chi connectivity index (χ4v) is 3.59. The fraction of sp³-hybridized carbons (Fsp3) is 0.870. The van der Waals surface area contributed by atoms with Crippen molar-refractivity contribution in [2.24, 2.45) is 0 Å². The van der Waals surface area contributed by atoms with Crippen molar-refractivity contribution in [2.75, 3.05) is 13.9 Å². The number of methoxy groups -OCH3 is 1. The number of amides is 1. The highest BCUT2D eigenvalue weighted by Crippen LogP contribution is 2.26. The van der Waals surface area contributed by atoms with Crippen LogP contribution < -0.4 is 5.32 Å². The first-order valence-electron chi connectivity index (χ1n) is 11.5. The third-order valence-electron chi connectivity index (χ3n) is 5.20. The average molecular weight is 487 g/mol. The number of hydrogen-bond acceptors (Lipinski definition) is 3. The molecule has 2 atom stereocenters. The normalized spacial score (nSPS) is 13.8. The molecule has 0 aliphatic heterocycles. The van der Waals surface area contributed by atoms with Gasteiger partial charge in [-0.3, -0.25) is 4.79 Å². The van der Waals surface area contributed by atoms with E-state index in [1.54, 1.807) is 13.2 Å². The lowest BCUT2D eigenvalue weighted by Gasteiger charge is -2.27. The Labute approximate surface area is 199 Å². The summed E-state index contributed by atoms with van der Waals surface area (Å²) in [5.74, 6) is -0.686. The van der Waals surface area contributed by atoms with Gasteiger partial charge in [0.05, 0.1) is 12.1 Å². The number of nitrogens with one attached hydrogen (secondary N) is 1. The zero-order valence-corrected chi connectivity index (χ0v) is 21.2. The van der Waals surface area contributed by atoms with E-state index in [9.17, 15) is 4.79 Å². The molecule has 0 rings (SSSR count). The van der Waals surface area contributed by atoms with Crippen molar-refractivity contribution < 1.29 is 14.3 Å². The molecule has 0 spiro atoms. The summed E-state index contributed by atoms with van der Waals surface area (Å²) in [7, 11) is 1.56. The molecule has 0 aromatic rings. The second kappa shape index (κ2) is 19.7. The topological polar surface area (TPSA) is 47.6 Å². The quantitative estimate of drug-likeness (QED) is 0.0838. The van der Waals surface area contributed by atoms with E-state index in [-0.39, 0.29) is 12.9 Å². The van der Waals surface area contributed by atoms with Crippen LogP contribution in [0.1, 0.15) is 96.8 Å². The number of alkyl halides is 3. The molecule has 0 heterocycles. The number of carbonyl (C=O) groups excluding carboxylic acids is 1.